The van der Waals surface area contributed by atoms with Crippen molar-refractivity contribution >= 4 is 0 Å². The molecule has 0 bridgehead atoms. The fraction of sp³-hybridized carbons (Fsp3) is 1.00. The van der Waals surface area contributed by atoms with Crippen molar-refractivity contribution in [2.75, 3.05) is 6.54 Å². The van der Waals surface area contributed by atoms with Crippen molar-refractivity contribution in [3.63, 3.8) is 0 Å². The van der Waals surface area contributed by atoms with Crippen LogP contribution in [-0.4, -0.2) is 17.4 Å². The first kappa shape index (κ1) is 9.92. The van der Waals surface area contributed by atoms with Gasteiger partial charge in [-0.1, -0.05) is 20.8 Å². The first-order valence-electron chi connectivity index (χ1n) is 3.98. The molecule has 0 aromatic heterocycles. The summed E-state index contributed by atoms with van der Waals surface area (Å²) in [4.78, 5) is 0. The summed E-state index contributed by atoms with van der Waals surface area (Å²) < 4.78 is 0. The molecule has 0 aromatic rings. The molecule has 0 radical (unpaired) electrons. The lowest BCUT2D eigenvalue weighted by Gasteiger charge is -2.28. The second-order valence-corrected chi connectivity index (χ2v) is 3.23. The molecule has 0 fully saturated rings. The van der Waals surface area contributed by atoms with E-state index in [9.17, 15) is 5.11 Å². The summed E-state index contributed by atoms with van der Waals surface area (Å²) in [5.41, 5.74) is -0.698. The van der Waals surface area contributed by atoms with E-state index in [2.05, 4.69) is 12.2 Å². The Kier molecular flexibility index (Phi) is 3.91. The van der Waals surface area contributed by atoms with Crippen molar-refractivity contribution in [3.05, 3.63) is 0 Å². The van der Waals surface area contributed by atoms with Crippen molar-refractivity contribution in [2.24, 2.45) is 5.92 Å². The molecule has 1 atom stereocenters. The highest BCUT2D eigenvalue weighted by molar-refractivity contribution is 4.72. The van der Waals surface area contributed by atoms with Crippen LogP contribution in [0.15, 0.2) is 0 Å². The lowest BCUT2D eigenvalue weighted by atomic mass is 10.0. The molecule has 1 unspecified atom stereocenters. The molecule has 2 heteroatoms. The molecule has 2 N–H and O–H groups in total. The maximum atomic E-state index is 9.61. The van der Waals surface area contributed by atoms with Gasteiger partial charge < -0.3 is 5.11 Å². The zero-order chi connectivity index (χ0) is 8.20. The third-order valence-corrected chi connectivity index (χ3v) is 1.86. The summed E-state index contributed by atoms with van der Waals surface area (Å²) >= 11 is 0. The van der Waals surface area contributed by atoms with E-state index in [0.29, 0.717) is 0 Å². The van der Waals surface area contributed by atoms with Crippen LogP contribution in [0.1, 0.15) is 34.1 Å². The Morgan fingerprint density at radius 2 is 2.00 bits per heavy atom. The molecule has 0 aliphatic rings. The molecule has 0 heterocycles. The van der Waals surface area contributed by atoms with Crippen molar-refractivity contribution < 1.29 is 5.11 Å². The van der Waals surface area contributed by atoms with Crippen molar-refractivity contribution in [2.45, 2.75) is 39.8 Å². The van der Waals surface area contributed by atoms with Gasteiger partial charge in [-0.2, -0.15) is 0 Å². The van der Waals surface area contributed by atoms with Gasteiger partial charge in [0.1, 0.15) is 5.72 Å². The lowest BCUT2D eigenvalue weighted by Crippen LogP contribution is -2.46. The number of rotatable bonds is 4. The molecule has 0 rings (SSSR count). The summed E-state index contributed by atoms with van der Waals surface area (Å²) in [5, 5.41) is 12.7. The van der Waals surface area contributed by atoms with E-state index in [0.717, 1.165) is 13.0 Å². The summed E-state index contributed by atoms with van der Waals surface area (Å²) in [5.74, 6) is 0.263. The molecule has 2 nitrogen and oxygen atoms in total. The smallest absolute Gasteiger partial charge is 0.115 e. The normalized spacial score (nSPS) is 17.4. The summed E-state index contributed by atoms with van der Waals surface area (Å²) in [6.45, 7) is 8.78. The zero-order valence-corrected chi connectivity index (χ0v) is 7.44. The highest BCUT2D eigenvalue weighted by atomic mass is 16.3. The number of hydrogen-bond donors (Lipinski definition) is 2. The van der Waals surface area contributed by atoms with Gasteiger partial charge in [-0.05, 0) is 25.8 Å². The topological polar surface area (TPSA) is 32.3 Å². The molecule has 0 aromatic carbocycles. The molecule has 0 spiro atoms. The van der Waals surface area contributed by atoms with Gasteiger partial charge in [0.05, 0.1) is 0 Å². The number of nitrogens with one attached hydrogen (secondary N) is 1. The fourth-order valence-corrected chi connectivity index (χ4v) is 0.582. The van der Waals surface area contributed by atoms with Gasteiger partial charge in [-0.25, -0.2) is 0 Å². The SMILES string of the molecule is CCCNC(C)(O)C(C)C. The Bertz CT molecular complexity index is 89.3. The molecular weight excluding hydrogens is 126 g/mol. The lowest BCUT2D eigenvalue weighted by molar-refractivity contribution is -0.0192. The molecule has 0 amide bonds. The van der Waals surface area contributed by atoms with Crippen LogP contribution < -0.4 is 5.32 Å². The Morgan fingerprint density at radius 1 is 1.50 bits per heavy atom. The molecule has 0 saturated carbocycles. The van der Waals surface area contributed by atoms with Crippen molar-refractivity contribution in [1.82, 2.24) is 5.32 Å². The Labute approximate surface area is 63.6 Å². The van der Waals surface area contributed by atoms with Crippen LogP contribution in [0.25, 0.3) is 0 Å². The number of hydrogen-bond acceptors (Lipinski definition) is 2. The molecule has 0 aliphatic carbocycles. The molecule has 0 aliphatic heterocycles. The van der Waals surface area contributed by atoms with E-state index in [-0.39, 0.29) is 5.92 Å². The predicted molar refractivity (Wildman–Crippen MR) is 43.8 cm³/mol. The minimum atomic E-state index is -0.698. The maximum Gasteiger partial charge on any atom is 0.115 e. The second kappa shape index (κ2) is 3.94. The van der Waals surface area contributed by atoms with E-state index in [1.54, 1.807) is 0 Å². The van der Waals surface area contributed by atoms with Crippen molar-refractivity contribution in [1.29, 1.82) is 0 Å². The van der Waals surface area contributed by atoms with Crippen molar-refractivity contribution in [3.8, 4) is 0 Å². The van der Waals surface area contributed by atoms with Crippen LogP contribution in [0, 0.1) is 5.92 Å². The zero-order valence-electron chi connectivity index (χ0n) is 7.44. The Hall–Kier alpha value is -0.0800. The van der Waals surface area contributed by atoms with Crippen LogP contribution in [-0.2, 0) is 0 Å². The minimum Gasteiger partial charge on any atom is -0.376 e. The van der Waals surface area contributed by atoms with Gasteiger partial charge in [0.2, 0.25) is 0 Å². The standard InChI is InChI=1S/C8H19NO/c1-5-6-9-8(4,10)7(2)3/h7,9-10H,5-6H2,1-4H3. The van der Waals surface area contributed by atoms with Gasteiger partial charge in [-0.15, -0.1) is 0 Å². The monoisotopic (exact) mass is 145 g/mol. The summed E-state index contributed by atoms with van der Waals surface area (Å²) in [7, 11) is 0. The van der Waals surface area contributed by atoms with Gasteiger partial charge in [0, 0.05) is 0 Å². The van der Waals surface area contributed by atoms with E-state index < -0.39 is 5.72 Å². The molecule has 62 valence electrons. The molecule has 10 heavy (non-hydrogen) atoms. The predicted octanol–water partition coefficient (Wildman–Crippen LogP) is 1.35. The Balaban J connectivity index is 3.63. The average Bonchev–Trinajstić information content (AvgIpc) is 1.84. The average molecular weight is 145 g/mol. The maximum absolute atomic E-state index is 9.61. The fourth-order valence-electron chi connectivity index (χ4n) is 0.582. The Morgan fingerprint density at radius 3 is 2.30 bits per heavy atom. The van der Waals surface area contributed by atoms with Crippen LogP contribution in [0.2, 0.25) is 0 Å². The van der Waals surface area contributed by atoms with Gasteiger partial charge in [0.15, 0.2) is 0 Å². The molecule has 0 saturated heterocycles. The quantitative estimate of drug-likeness (QED) is 0.585. The second-order valence-electron chi connectivity index (χ2n) is 3.23. The van der Waals surface area contributed by atoms with Crippen LogP contribution in [0.5, 0.6) is 0 Å². The summed E-state index contributed by atoms with van der Waals surface area (Å²) in [6, 6.07) is 0. The molecular formula is C8H19NO. The van der Waals surface area contributed by atoms with E-state index in [1.807, 2.05) is 20.8 Å². The first-order valence-corrected chi connectivity index (χ1v) is 3.98. The van der Waals surface area contributed by atoms with Gasteiger partial charge >= 0.3 is 0 Å². The largest absolute Gasteiger partial charge is 0.376 e. The van der Waals surface area contributed by atoms with Crippen LogP contribution >= 0.6 is 0 Å². The third kappa shape index (κ3) is 3.18. The van der Waals surface area contributed by atoms with E-state index >= 15 is 0 Å². The minimum absolute atomic E-state index is 0.263. The van der Waals surface area contributed by atoms with E-state index in [4.69, 9.17) is 0 Å². The van der Waals surface area contributed by atoms with Crippen LogP contribution in [0.3, 0.4) is 0 Å². The van der Waals surface area contributed by atoms with Crippen LogP contribution in [0.4, 0.5) is 0 Å². The first-order chi connectivity index (χ1) is 4.50. The van der Waals surface area contributed by atoms with E-state index in [1.165, 1.54) is 0 Å². The highest BCUT2D eigenvalue weighted by Crippen LogP contribution is 2.11. The third-order valence-electron chi connectivity index (χ3n) is 1.86. The van der Waals surface area contributed by atoms with Gasteiger partial charge in [0.25, 0.3) is 0 Å². The highest BCUT2D eigenvalue weighted by Gasteiger charge is 2.22. The summed E-state index contributed by atoms with van der Waals surface area (Å²) in [6.07, 6.45) is 1.06. The number of aliphatic hydroxyl groups is 1. The van der Waals surface area contributed by atoms with Gasteiger partial charge in [-0.3, -0.25) is 5.32 Å².